The van der Waals surface area contributed by atoms with E-state index in [-0.39, 0.29) is 23.3 Å². The molecule has 6 heteroatoms. The first-order valence-electron chi connectivity index (χ1n) is 12.0. The maximum Gasteiger partial charge on any atom is 0.253 e. The fourth-order valence-corrected chi connectivity index (χ4v) is 5.78. The Kier molecular flexibility index (Phi) is 6.44. The number of hydrogen-bond donors (Lipinski definition) is 0. The summed E-state index contributed by atoms with van der Waals surface area (Å²) in [5, 5.41) is 0.767. The van der Waals surface area contributed by atoms with Crippen molar-refractivity contribution in [3.05, 3.63) is 70.2 Å². The van der Waals surface area contributed by atoms with Gasteiger partial charge in [-0.25, -0.2) is 0 Å². The number of amides is 2. The molecule has 1 atom stereocenters. The van der Waals surface area contributed by atoms with Gasteiger partial charge in [-0.1, -0.05) is 35.9 Å². The second-order valence-electron chi connectivity index (χ2n) is 9.88. The van der Waals surface area contributed by atoms with Crippen molar-refractivity contribution in [2.45, 2.75) is 51.2 Å². The summed E-state index contributed by atoms with van der Waals surface area (Å²) in [5.74, 6) is 0.300. The third-order valence-electron chi connectivity index (χ3n) is 7.47. The van der Waals surface area contributed by atoms with Crippen LogP contribution in [-0.4, -0.2) is 54.0 Å². The summed E-state index contributed by atoms with van der Waals surface area (Å²) in [6.45, 7) is 3.71. The number of piperidine rings is 1. The van der Waals surface area contributed by atoms with Crippen LogP contribution in [0.4, 0.5) is 0 Å². The molecule has 2 amide bonds. The van der Waals surface area contributed by atoms with Crippen LogP contribution in [-0.2, 0) is 22.5 Å². The lowest BCUT2D eigenvalue weighted by Crippen LogP contribution is -2.43. The van der Waals surface area contributed by atoms with Crippen LogP contribution < -0.4 is 0 Å². The summed E-state index contributed by atoms with van der Waals surface area (Å²) in [6.07, 6.45) is 5.67. The smallest absolute Gasteiger partial charge is 0.253 e. The number of halogens is 1. The Morgan fingerprint density at radius 3 is 2.61 bits per heavy atom. The highest BCUT2D eigenvalue weighted by Crippen LogP contribution is 2.43. The van der Waals surface area contributed by atoms with Crippen molar-refractivity contribution >= 4 is 23.4 Å². The quantitative estimate of drug-likeness (QED) is 0.640. The highest BCUT2D eigenvalue weighted by atomic mass is 35.5. The Balaban J connectivity index is 1.16. The molecule has 0 N–H and O–H groups in total. The van der Waals surface area contributed by atoms with E-state index in [2.05, 4.69) is 6.07 Å². The SMILES string of the molecule is O=C1CCCN1Cc1cccc(C(=O)N2CCC3(CC2)CO[C@@H](Cc2cccc(Cl)c2)C3)c1. The van der Waals surface area contributed by atoms with Crippen LogP contribution in [0.2, 0.25) is 5.02 Å². The van der Waals surface area contributed by atoms with Crippen molar-refractivity contribution in [1.82, 2.24) is 9.80 Å². The molecular formula is C27H31ClN2O3. The number of ether oxygens (including phenoxy) is 1. The zero-order valence-corrected chi connectivity index (χ0v) is 19.7. The van der Waals surface area contributed by atoms with Gasteiger partial charge in [0, 0.05) is 43.2 Å². The average molecular weight is 467 g/mol. The molecular weight excluding hydrogens is 436 g/mol. The Morgan fingerprint density at radius 1 is 1.06 bits per heavy atom. The highest BCUT2D eigenvalue weighted by molar-refractivity contribution is 6.30. The summed E-state index contributed by atoms with van der Waals surface area (Å²) >= 11 is 6.13. The molecule has 2 aromatic rings. The number of rotatable bonds is 5. The lowest BCUT2D eigenvalue weighted by atomic mass is 9.76. The van der Waals surface area contributed by atoms with Crippen LogP contribution in [0.3, 0.4) is 0 Å². The molecule has 0 radical (unpaired) electrons. The third kappa shape index (κ3) is 5.10. The molecule has 0 aliphatic carbocycles. The Morgan fingerprint density at radius 2 is 1.85 bits per heavy atom. The van der Waals surface area contributed by atoms with Gasteiger partial charge in [-0.05, 0) is 72.9 Å². The first-order chi connectivity index (χ1) is 16.0. The van der Waals surface area contributed by atoms with Crippen molar-refractivity contribution in [3.8, 4) is 0 Å². The predicted molar refractivity (Wildman–Crippen MR) is 128 cm³/mol. The van der Waals surface area contributed by atoms with Crippen molar-refractivity contribution in [3.63, 3.8) is 0 Å². The Bertz CT molecular complexity index is 1030. The van der Waals surface area contributed by atoms with E-state index in [1.165, 1.54) is 5.56 Å². The van der Waals surface area contributed by atoms with E-state index in [1.54, 1.807) is 0 Å². The van der Waals surface area contributed by atoms with Crippen LogP contribution in [0.1, 0.15) is 53.6 Å². The van der Waals surface area contributed by atoms with Gasteiger partial charge in [-0.15, -0.1) is 0 Å². The molecule has 3 heterocycles. The molecule has 1 spiro atoms. The number of carbonyl (C=O) groups is 2. The normalized spacial score (nSPS) is 22.3. The topological polar surface area (TPSA) is 49.9 Å². The van der Waals surface area contributed by atoms with Crippen LogP contribution in [0.5, 0.6) is 0 Å². The Hall–Kier alpha value is -2.37. The lowest BCUT2D eigenvalue weighted by Gasteiger charge is -2.38. The molecule has 0 aromatic heterocycles. The first kappa shape index (κ1) is 22.4. The molecule has 0 unspecified atom stereocenters. The van der Waals surface area contributed by atoms with Crippen molar-refractivity contribution in [2.24, 2.45) is 5.41 Å². The standard InChI is InChI=1S/C27H31ClN2O3/c28-23-7-2-4-20(15-23)16-24-17-27(19-33-24)9-12-29(13-10-27)26(32)22-6-1-5-21(14-22)18-30-11-3-8-25(30)31/h1-2,4-7,14-15,24H,3,8-13,16-19H2/t24-/m0/s1. The van der Waals surface area contributed by atoms with Gasteiger partial charge in [-0.3, -0.25) is 9.59 Å². The van der Waals surface area contributed by atoms with Gasteiger partial charge in [0.05, 0.1) is 12.7 Å². The number of benzene rings is 2. The van der Waals surface area contributed by atoms with Crippen LogP contribution in [0, 0.1) is 5.41 Å². The van der Waals surface area contributed by atoms with Crippen molar-refractivity contribution < 1.29 is 14.3 Å². The molecule has 3 aliphatic heterocycles. The monoisotopic (exact) mass is 466 g/mol. The number of nitrogens with zero attached hydrogens (tertiary/aromatic N) is 2. The average Bonchev–Trinajstić information content (AvgIpc) is 3.40. The zero-order chi connectivity index (χ0) is 22.8. The minimum atomic E-state index is 0.0915. The van der Waals surface area contributed by atoms with E-state index >= 15 is 0 Å². The molecule has 174 valence electrons. The van der Waals surface area contributed by atoms with Crippen molar-refractivity contribution in [2.75, 3.05) is 26.2 Å². The van der Waals surface area contributed by atoms with Gasteiger partial charge in [0.1, 0.15) is 0 Å². The van der Waals surface area contributed by atoms with E-state index < -0.39 is 0 Å². The minimum Gasteiger partial charge on any atom is -0.377 e. The minimum absolute atomic E-state index is 0.0915. The summed E-state index contributed by atoms with van der Waals surface area (Å²) in [4.78, 5) is 29.0. The first-order valence-corrected chi connectivity index (χ1v) is 12.4. The van der Waals surface area contributed by atoms with E-state index in [0.29, 0.717) is 13.0 Å². The lowest BCUT2D eigenvalue weighted by molar-refractivity contribution is -0.128. The van der Waals surface area contributed by atoms with Gasteiger partial charge in [0.25, 0.3) is 5.91 Å². The molecule has 0 bridgehead atoms. The second-order valence-corrected chi connectivity index (χ2v) is 10.3. The second kappa shape index (κ2) is 9.47. The summed E-state index contributed by atoms with van der Waals surface area (Å²) in [5.41, 5.74) is 3.14. The van der Waals surface area contributed by atoms with E-state index in [1.807, 2.05) is 52.3 Å². The third-order valence-corrected chi connectivity index (χ3v) is 7.70. The summed E-state index contributed by atoms with van der Waals surface area (Å²) in [7, 11) is 0. The molecule has 5 rings (SSSR count). The van der Waals surface area contributed by atoms with E-state index in [0.717, 1.165) is 74.5 Å². The molecule has 0 saturated carbocycles. The maximum absolute atomic E-state index is 13.2. The number of hydrogen-bond acceptors (Lipinski definition) is 3. The van der Waals surface area contributed by atoms with Crippen LogP contribution in [0.15, 0.2) is 48.5 Å². The molecule has 3 saturated heterocycles. The van der Waals surface area contributed by atoms with Crippen molar-refractivity contribution in [1.29, 1.82) is 0 Å². The fourth-order valence-electron chi connectivity index (χ4n) is 5.56. The van der Waals surface area contributed by atoms with Gasteiger partial charge in [0.2, 0.25) is 5.91 Å². The van der Waals surface area contributed by atoms with Crippen LogP contribution in [0.25, 0.3) is 0 Å². The molecule has 3 fully saturated rings. The van der Waals surface area contributed by atoms with E-state index in [4.69, 9.17) is 16.3 Å². The van der Waals surface area contributed by atoms with Gasteiger partial charge in [0.15, 0.2) is 0 Å². The fraction of sp³-hybridized carbons (Fsp3) is 0.481. The van der Waals surface area contributed by atoms with Crippen LogP contribution >= 0.6 is 11.6 Å². The van der Waals surface area contributed by atoms with Gasteiger partial charge in [-0.2, -0.15) is 0 Å². The molecule has 3 aliphatic rings. The summed E-state index contributed by atoms with van der Waals surface area (Å²) in [6, 6.07) is 15.8. The number of carbonyl (C=O) groups excluding carboxylic acids is 2. The van der Waals surface area contributed by atoms with Gasteiger partial charge < -0.3 is 14.5 Å². The molecule has 5 nitrogen and oxygen atoms in total. The highest BCUT2D eigenvalue weighted by Gasteiger charge is 2.43. The van der Waals surface area contributed by atoms with E-state index in [9.17, 15) is 9.59 Å². The number of likely N-dealkylation sites (tertiary alicyclic amines) is 2. The maximum atomic E-state index is 13.2. The largest absolute Gasteiger partial charge is 0.377 e. The summed E-state index contributed by atoms with van der Waals surface area (Å²) < 4.78 is 6.18. The molecule has 2 aromatic carbocycles. The molecule has 33 heavy (non-hydrogen) atoms. The Labute approximate surface area is 200 Å². The zero-order valence-electron chi connectivity index (χ0n) is 19.0. The van der Waals surface area contributed by atoms with Gasteiger partial charge >= 0.3 is 0 Å². The predicted octanol–water partition coefficient (Wildman–Crippen LogP) is 4.72.